The number of ketones is 1. The molecule has 8 heteroatoms. The first-order valence-electron chi connectivity index (χ1n) is 7.17. The third kappa shape index (κ3) is 3.21. The third-order valence-corrected chi connectivity index (χ3v) is 3.71. The van der Waals surface area contributed by atoms with Crippen LogP contribution in [0.5, 0.6) is 5.75 Å². The van der Waals surface area contributed by atoms with E-state index in [0.717, 1.165) is 9.13 Å². The van der Waals surface area contributed by atoms with Crippen LogP contribution < -0.4 is 21.7 Å². The maximum absolute atomic E-state index is 12.7. The lowest BCUT2D eigenvalue weighted by Crippen LogP contribution is -2.41. The van der Waals surface area contributed by atoms with Gasteiger partial charge in [-0.25, -0.2) is 4.79 Å². The Kier molecular flexibility index (Phi) is 4.89. The van der Waals surface area contributed by atoms with Crippen molar-refractivity contribution in [3.8, 4) is 11.8 Å². The van der Waals surface area contributed by atoms with Crippen molar-refractivity contribution in [1.29, 1.82) is 5.26 Å². The van der Waals surface area contributed by atoms with Crippen molar-refractivity contribution in [2.45, 2.75) is 0 Å². The fraction of sp³-hybridized carbons (Fsp3) is 0.176. The Bertz CT molecular complexity index is 1040. The largest absolute Gasteiger partial charge is 0.497 e. The first-order chi connectivity index (χ1) is 11.8. The molecule has 0 radical (unpaired) electrons. The molecule has 8 nitrogen and oxygen atoms in total. The Morgan fingerprint density at radius 1 is 1.28 bits per heavy atom. The molecule has 0 spiro atoms. The molecule has 2 aromatic rings. The summed E-state index contributed by atoms with van der Waals surface area (Å²) < 4.78 is 6.84. The second kappa shape index (κ2) is 6.88. The van der Waals surface area contributed by atoms with Gasteiger partial charge >= 0.3 is 5.69 Å². The van der Waals surface area contributed by atoms with Gasteiger partial charge in [0.15, 0.2) is 0 Å². The van der Waals surface area contributed by atoms with E-state index in [4.69, 9.17) is 10.5 Å². The van der Waals surface area contributed by atoms with E-state index < -0.39 is 22.6 Å². The molecule has 0 amide bonds. The molecule has 1 aromatic carbocycles. The molecule has 0 unspecified atom stereocenters. The maximum atomic E-state index is 12.7. The molecular weight excluding hydrogens is 324 g/mol. The van der Waals surface area contributed by atoms with Crippen molar-refractivity contribution < 1.29 is 9.53 Å². The summed E-state index contributed by atoms with van der Waals surface area (Å²) >= 11 is 0. The van der Waals surface area contributed by atoms with Gasteiger partial charge < -0.3 is 10.5 Å². The number of nitrogens with two attached hydrogens (primary N) is 1. The highest BCUT2D eigenvalue weighted by atomic mass is 16.5. The van der Waals surface area contributed by atoms with Crippen molar-refractivity contribution in [1.82, 2.24) is 9.13 Å². The highest BCUT2D eigenvalue weighted by molar-refractivity contribution is 6.16. The van der Waals surface area contributed by atoms with Gasteiger partial charge in [0.1, 0.15) is 28.8 Å². The van der Waals surface area contributed by atoms with E-state index in [9.17, 15) is 19.6 Å². The van der Waals surface area contributed by atoms with Crippen LogP contribution in [0.25, 0.3) is 6.08 Å². The lowest BCUT2D eigenvalue weighted by atomic mass is 10.0. The zero-order valence-electron chi connectivity index (χ0n) is 13.9. The number of carbonyl (C=O) groups is 1. The number of nitriles is 1. The van der Waals surface area contributed by atoms with Crippen molar-refractivity contribution in [3.63, 3.8) is 0 Å². The smallest absolute Gasteiger partial charge is 0.332 e. The number of hydrogen-bond donors (Lipinski definition) is 1. The predicted molar refractivity (Wildman–Crippen MR) is 92.3 cm³/mol. The molecule has 0 bridgehead atoms. The van der Waals surface area contributed by atoms with Crippen molar-refractivity contribution >= 4 is 17.7 Å². The Balaban J connectivity index is 2.63. The van der Waals surface area contributed by atoms with Crippen LogP contribution in [-0.2, 0) is 14.1 Å². The zero-order valence-corrected chi connectivity index (χ0v) is 13.9. The number of nitrogens with zero attached hydrogens (tertiary/aromatic N) is 3. The van der Waals surface area contributed by atoms with Gasteiger partial charge in [0.05, 0.1) is 7.11 Å². The van der Waals surface area contributed by atoms with Crippen LogP contribution >= 0.6 is 0 Å². The molecule has 0 atom stereocenters. The summed E-state index contributed by atoms with van der Waals surface area (Å²) in [4.78, 5) is 36.8. The van der Waals surface area contributed by atoms with Crippen LogP contribution in [0.1, 0.15) is 15.9 Å². The summed E-state index contributed by atoms with van der Waals surface area (Å²) in [5.74, 6) is -0.583. The number of aromatic nitrogens is 2. The van der Waals surface area contributed by atoms with E-state index in [1.807, 2.05) is 0 Å². The molecule has 0 saturated carbocycles. The number of hydrogen-bond acceptors (Lipinski definition) is 6. The van der Waals surface area contributed by atoms with Crippen molar-refractivity contribution in [3.05, 3.63) is 61.8 Å². The van der Waals surface area contributed by atoms with Crippen molar-refractivity contribution in [2.75, 3.05) is 12.8 Å². The number of allylic oxidation sites excluding steroid dienone is 1. The van der Waals surface area contributed by atoms with Gasteiger partial charge in [-0.05, 0) is 23.8 Å². The fourth-order valence-corrected chi connectivity index (χ4v) is 2.25. The molecular formula is C17H16N4O4. The van der Waals surface area contributed by atoms with Crippen LogP contribution in [-0.4, -0.2) is 22.0 Å². The molecule has 1 heterocycles. The predicted octanol–water partition coefficient (Wildman–Crippen LogP) is 0.465. The summed E-state index contributed by atoms with van der Waals surface area (Å²) in [5, 5.41) is 9.33. The molecule has 128 valence electrons. The number of carbonyl (C=O) groups excluding carboxylic acids is 1. The lowest BCUT2D eigenvalue weighted by molar-refractivity contribution is 0.103. The summed E-state index contributed by atoms with van der Waals surface area (Å²) in [6, 6.07) is 8.49. The number of anilines is 1. The highest BCUT2D eigenvalue weighted by Gasteiger charge is 2.23. The quantitative estimate of drug-likeness (QED) is 0.490. The molecule has 0 aliphatic carbocycles. The highest BCUT2D eigenvalue weighted by Crippen LogP contribution is 2.17. The number of benzene rings is 1. The van der Waals surface area contributed by atoms with E-state index in [1.54, 1.807) is 30.3 Å². The van der Waals surface area contributed by atoms with Gasteiger partial charge in [-0.3, -0.25) is 18.7 Å². The average molecular weight is 340 g/mol. The van der Waals surface area contributed by atoms with E-state index in [1.165, 1.54) is 27.3 Å². The number of rotatable bonds is 4. The molecule has 2 N–H and O–H groups in total. The molecule has 1 aromatic heterocycles. The Hall–Kier alpha value is -3.60. The van der Waals surface area contributed by atoms with Gasteiger partial charge in [-0.1, -0.05) is 12.1 Å². The second-order valence-corrected chi connectivity index (χ2v) is 5.24. The minimum absolute atomic E-state index is 0.282. The normalized spacial score (nSPS) is 11.0. The first-order valence-corrected chi connectivity index (χ1v) is 7.17. The minimum Gasteiger partial charge on any atom is -0.497 e. The van der Waals surface area contributed by atoms with Crippen LogP contribution in [0.4, 0.5) is 5.82 Å². The van der Waals surface area contributed by atoms with Crippen LogP contribution in [0.15, 0.2) is 39.4 Å². The van der Waals surface area contributed by atoms with Gasteiger partial charge in [-0.2, -0.15) is 5.26 Å². The monoisotopic (exact) mass is 340 g/mol. The van der Waals surface area contributed by atoms with Gasteiger partial charge in [0, 0.05) is 14.1 Å². The maximum Gasteiger partial charge on any atom is 0.332 e. The molecule has 0 aliphatic heterocycles. The van der Waals surface area contributed by atoms with E-state index >= 15 is 0 Å². The van der Waals surface area contributed by atoms with E-state index in [2.05, 4.69) is 0 Å². The first kappa shape index (κ1) is 17.7. The molecule has 0 fully saturated rings. The standard InChI is InChI=1S/C17H16N4O4/c1-20-15(19)13(16(23)21(2)17(20)24)14(22)11(9-18)7-10-5-4-6-12(8-10)25-3/h4-8H,19H2,1-3H3/b11-7+. The molecule has 0 aliphatic rings. The van der Waals surface area contributed by atoms with Gasteiger partial charge in [0.25, 0.3) is 5.56 Å². The number of ether oxygens (including phenoxy) is 1. The minimum atomic E-state index is -0.850. The van der Waals surface area contributed by atoms with E-state index in [0.29, 0.717) is 11.3 Å². The van der Waals surface area contributed by atoms with Gasteiger partial charge in [0.2, 0.25) is 5.78 Å². The summed E-state index contributed by atoms with van der Waals surface area (Å²) in [5.41, 5.74) is 4.10. The lowest BCUT2D eigenvalue weighted by Gasteiger charge is -2.10. The van der Waals surface area contributed by atoms with Crippen LogP contribution in [0.2, 0.25) is 0 Å². The Morgan fingerprint density at radius 3 is 2.56 bits per heavy atom. The average Bonchev–Trinajstić information content (AvgIpc) is 2.63. The van der Waals surface area contributed by atoms with Crippen molar-refractivity contribution in [2.24, 2.45) is 14.1 Å². The Labute approximate surface area is 143 Å². The van der Waals surface area contributed by atoms with Crippen LogP contribution in [0.3, 0.4) is 0 Å². The third-order valence-electron chi connectivity index (χ3n) is 3.71. The summed E-state index contributed by atoms with van der Waals surface area (Å²) in [7, 11) is 4.07. The molecule has 2 rings (SSSR count). The van der Waals surface area contributed by atoms with E-state index in [-0.39, 0.29) is 11.4 Å². The van der Waals surface area contributed by atoms with Crippen LogP contribution in [0, 0.1) is 11.3 Å². The van der Waals surface area contributed by atoms with Gasteiger partial charge in [-0.15, -0.1) is 0 Å². The summed E-state index contributed by atoms with van der Waals surface area (Å²) in [6.07, 6.45) is 1.33. The number of Topliss-reactive ketones (excluding diaryl/α,β-unsaturated/α-hetero) is 1. The summed E-state index contributed by atoms with van der Waals surface area (Å²) in [6.45, 7) is 0. The fourth-order valence-electron chi connectivity index (χ4n) is 2.25. The zero-order chi connectivity index (χ0) is 18.7. The molecule has 25 heavy (non-hydrogen) atoms. The second-order valence-electron chi connectivity index (χ2n) is 5.24. The number of methoxy groups -OCH3 is 1. The Morgan fingerprint density at radius 2 is 1.96 bits per heavy atom. The SMILES string of the molecule is COc1cccc(/C=C(\C#N)C(=O)c2c(N)n(C)c(=O)n(C)c2=O)c1. The topological polar surface area (TPSA) is 120 Å². The number of nitrogen functional groups attached to an aromatic ring is 1. The molecule has 0 saturated heterocycles.